The zero-order chi connectivity index (χ0) is 38.6. The minimum absolute atomic E-state index is 0.102. The molecule has 3 aliphatic carbocycles. The van der Waals surface area contributed by atoms with Crippen molar-refractivity contribution in [2.45, 2.75) is 102 Å². The minimum atomic E-state index is -2.79. The predicted molar refractivity (Wildman–Crippen MR) is 176 cm³/mol. The minimum Gasteiger partial charge on any atom is -0.465 e. The van der Waals surface area contributed by atoms with Gasteiger partial charge in [-0.05, 0) is 24.1 Å². The average molecular weight is 729 g/mol. The van der Waals surface area contributed by atoms with Crippen LogP contribution in [0, 0.1) is 16.7 Å². The molecule has 15 heteroatoms. The van der Waals surface area contributed by atoms with Gasteiger partial charge in [-0.2, -0.15) is 0 Å². The van der Waals surface area contributed by atoms with Gasteiger partial charge in [0.25, 0.3) is 0 Å². The van der Waals surface area contributed by atoms with Crippen LogP contribution in [0.2, 0.25) is 0 Å². The highest BCUT2D eigenvalue weighted by Crippen LogP contribution is 2.68. The lowest BCUT2D eigenvalue weighted by Gasteiger charge is -2.67. The number of esters is 5. The fourth-order valence-corrected chi connectivity index (χ4v) is 8.93. The molecule has 1 aromatic carbocycles. The van der Waals surface area contributed by atoms with Crippen LogP contribution in [0.5, 0.6) is 0 Å². The molecule has 52 heavy (non-hydrogen) atoms. The number of hydrogen-bond acceptors (Lipinski definition) is 15. The highest BCUT2D eigenvalue weighted by molar-refractivity contribution is 5.92. The van der Waals surface area contributed by atoms with Crippen LogP contribution in [0.1, 0.15) is 59.9 Å². The SMILES string of the molecule is C=C1C(OC(=O)C=Cc2ccccc2)CC(OC(C)=O)C2(COC(C)=O)C(OC(C)=O)C(O)C3(O)C4(C)OCC3(C)C(O)(CC4=O)C(OC(C)=O)C12. The molecule has 4 aliphatic rings. The molecule has 11 atom stereocenters. The fraction of sp³-hybridized carbons (Fsp3) is 0.568. The van der Waals surface area contributed by atoms with Gasteiger partial charge < -0.3 is 43.7 Å². The first-order valence-electron chi connectivity index (χ1n) is 16.8. The fourth-order valence-electron chi connectivity index (χ4n) is 8.93. The first kappa shape index (κ1) is 38.8. The van der Waals surface area contributed by atoms with E-state index in [1.165, 1.54) is 19.9 Å². The van der Waals surface area contributed by atoms with Crippen molar-refractivity contribution < 1.29 is 72.5 Å². The van der Waals surface area contributed by atoms with Crippen molar-refractivity contribution in [1.29, 1.82) is 0 Å². The Bertz CT molecular complexity index is 1700. The van der Waals surface area contributed by atoms with Gasteiger partial charge in [0.05, 0.1) is 17.4 Å². The number of carbonyl (C=O) groups excluding carboxylic acids is 6. The molecule has 0 radical (unpaired) electrons. The predicted octanol–water partition coefficient (Wildman–Crippen LogP) is 1.14. The van der Waals surface area contributed by atoms with Gasteiger partial charge in [0.1, 0.15) is 48.3 Å². The summed E-state index contributed by atoms with van der Waals surface area (Å²) in [5.41, 5.74) is -11.3. The van der Waals surface area contributed by atoms with E-state index in [4.69, 9.17) is 28.4 Å². The summed E-state index contributed by atoms with van der Waals surface area (Å²) in [6, 6.07) is 8.80. The quantitative estimate of drug-likeness (QED) is 0.148. The number of ketones is 1. The van der Waals surface area contributed by atoms with E-state index >= 15 is 0 Å². The number of Topliss-reactive ketones (excluding diaryl/α,β-unsaturated/α-hetero) is 1. The van der Waals surface area contributed by atoms with Crippen molar-refractivity contribution in [1.82, 2.24) is 0 Å². The third-order valence-corrected chi connectivity index (χ3v) is 11.5. The molecule has 0 aromatic heterocycles. The summed E-state index contributed by atoms with van der Waals surface area (Å²) in [7, 11) is 0. The Hall–Kier alpha value is -4.44. The molecule has 0 amide bonds. The molecule has 282 valence electrons. The van der Waals surface area contributed by atoms with E-state index in [-0.39, 0.29) is 5.57 Å². The molecule has 1 aliphatic heterocycles. The highest BCUT2D eigenvalue weighted by atomic mass is 16.6. The molecule has 5 rings (SSSR count). The molecule has 4 fully saturated rings. The van der Waals surface area contributed by atoms with Gasteiger partial charge in [-0.25, -0.2) is 4.79 Å². The molecule has 0 spiro atoms. The van der Waals surface area contributed by atoms with Gasteiger partial charge in [-0.1, -0.05) is 43.8 Å². The lowest BCUT2D eigenvalue weighted by Crippen LogP contribution is -2.85. The van der Waals surface area contributed by atoms with E-state index in [2.05, 4.69) is 6.58 Å². The highest BCUT2D eigenvalue weighted by Gasteiger charge is 2.86. The second-order valence-corrected chi connectivity index (χ2v) is 14.4. The van der Waals surface area contributed by atoms with Crippen LogP contribution >= 0.6 is 0 Å². The third kappa shape index (κ3) is 5.74. The van der Waals surface area contributed by atoms with Crippen molar-refractivity contribution in [3.63, 3.8) is 0 Å². The molecule has 1 heterocycles. The zero-order valence-electron chi connectivity index (χ0n) is 29.8. The zero-order valence-corrected chi connectivity index (χ0v) is 29.8. The smallest absolute Gasteiger partial charge is 0.331 e. The van der Waals surface area contributed by atoms with Crippen LogP contribution in [0.25, 0.3) is 6.08 Å². The van der Waals surface area contributed by atoms with Crippen LogP contribution in [-0.2, 0) is 57.2 Å². The monoisotopic (exact) mass is 728 g/mol. The number of hydrogen-bond donors (Lipinski definition) is 3. The van der Waals surface area contributed by atoms with E-state index in [9.17, 15) is 44.1 Å². The van der Waals surface area contributed by atoms with Crippen molar-refractivity contribution in [3.05, 3.63) is 54.1 Å². The summed E-state index contributed by atoms with van der Waals surface area (Å²) in [6.45, 7) is 9.45. The average Bonchev–Trinajstić information content (AvgIpc) is 3.24. The Morgan fingerprint density at radius 1 is 0.904 bits per heavy atom. The Kier molecular flexibility index (Phi) is 10.1. The van der Waals surface area contributed by atoms with Crippen molar-refractivity contribution in [2.24, 2.45) is 16.7 Å². The first-order valence-corrected chi connectivity index (χ1v) is 16.8. The molecule has 4 bridgehead atoms. The van der Waals surface area contributed by atoms with Gasteiger partial charge in [-0.15, -0.1) is 0 Å². The van der Waals surface area contributed by atoms with Crippen LogP contribution in [0.4, 0.5) is 0 Å². The van der Waals surface area contributed by atoms with Crippen LogP contribution in [-0.4, -0.2) is 111 Å². The van der Waals surface area contributed by atoms with Crippen LogP contribution < -0.4 is 0 Å². The van der Waals surface area contributed by atoms with Gasteiger partial charge >= 0.3 is 29.8 Å². The number of aliphatic hydroxyl groups excluding tert-OH is 1. The van der Waals surface area contributed by atoms with E-state index < -0.39 is 126 Å². The van der Waals surface area contributed by atoms with E-state index in [1.54, 1.807) is 30.3 Å². The lowest BCUT2D eigenvalue weighted by atomic mass is 9.42. The number of ether oxygens (including phenoxy) is 6. The second-order valence-electron chi connectivity index (χ2n) is 14.4. The van der Waals surface area contributed by atoms with Crippen LogP contribution in [0.15, 0.2) is 48.6 Å². The maximum Gasteiger partial charge on any atom is 0.331 e. The topological polar surface area (TPSA) is 218 Å². The summed E-state index contributed by atoms with van der Waals surface area (Å²) in [5, 5.41) is 38.3. The molecular formula is C37H44O15. The second kappa shape index (κ2) is 13.5. The summed E-state index contributed by atoms with van der Waals surface area (Å²) in [4.78, 5) is 78.7. The van der Waals surface area contributed by atoms with Crippen molar-refractivity contribution in [2.75, 3.05) is 13.2 Å². The largest absolute Gasteiger partial charge is 0.465 e. The molecule has 1 saturated heterocycles. The van der Waals surface area contributed by atoms with Gasteiger partial charge in [0.2, 0.25) is 0 Å². The molecule has 15 nitrogen and oxygen atoms in total. The van der Waals surface area contributed by atoms with Gasteiger partial charge in [0, 0.05) is 52.5 Å². The Morgan fingerprint density at radius 2 is 1.50 bits per heavy atom. The molecule has 3 saturated carbocycles. The Labute approximate surface area is 299 Å². The molecular weight excluding hydrogens is 684 g/mol. The lowest BCUT2D eigenvalue weighted by molar-refractivity contribution is -0.330. The van der Waals surface area contributed by atoms with E-state index in [1.807, 2.05) is 0 Å². The summed E-state index contributed by atoms with van der Waals surface area (Å²) in [5.74, 6) is -7.24. The van der Waals surface area contributed by atoms with Crippen LogP contribution in [0.3, 0.4) is 0 Å². The molecule has 1 aromatic rings. The maximum atomic E-state index is 14.0. The summed E-state index contributed by atoms with van der Waals surface area (Å²) in [6.07, 6.45) is -7.94. The number of benzene rings is 1. The number of rotatable bonds is 8. The standard InChI is InChI=1S/C37H44O15/c1-19-25(52-28(43)14-13-24-11-9-8-10-12-24)15-27(49-21(3)39)35(18-47-20(2)38)29(19)31(50-22(4)40)36(45)16-26(42)34(7)37(46,33(36,6)17-48-34)30(44)32(35)51-23(5)41/h8-14,25,27,29-32,44-46H,1,15-18H2,2-7H3. The van der Waals surface area contributed by atoms with Crippen molar-refractivity contribution in [3.8, 4) is 0 Å². The maximum absolute atomic E-state index is 14.0. The number of aliphatic hydroxyl groups is 3. The number of fused-ring (bicyclic) bond motifs is 1. The Morgan fingerprint density at radius 3 is 2.08 bits per heavy atom. The normalized spacial score (nSPS) is 39.4. The van der Waals surface area contributed by atoms with E-state index in [0.29, 0.717) is 5.56 Å². The summed E-state index contributed by atoms with van der Waals surface area (Å²) >= 11 is 0. The van der Waals surface area contributed by atoms with Crippen molar-refractivity contribution >= 4 is 41.7 Å². The Balaban J connectivity index is 1.82. The van der Waals surface area contributed by atoms with Gasteiger partial charge in [0.15, 0.2) is 11.4 Å². The third-order valence-electron chi connectivity index (χ3n) is 11.5. The van der Waals surface area contributed by atoms with E-state index in [0.717, 1.165) is 33.8 Å². The first-order chi connectivity index (χ1) is 24.2. The molecule has 11 unspecified atom stereocenters. The molecule has 3 N–H and O–H groups in total. The number of carbonyl (C=O) groups is 6. The van der Waals surface area contributed by atoms with Gasteiger partial charge in [-0.3, -0.25) is 24.0 Å². The summed E-state index contributed by atoms with van der Waals surface area (Å²) < 4.78 is 34.9.